The van der Waals surface area contributed by atoms with Gasteiger partial charge >= 0.3 is 0 Å². The van der Waals surface area contributed by atoms with Crippen LogP contribution >= 0.6 is 0 Å². The Morgan fingerprint density at radius 1 is 1.67 bits per heavy atom. The van der Waals surface area contributed by atoms with Crippen LogP contribution < -0.4 is 10.6 Å². The van der Waals surface area contributed by atoms with E-state index in [1.54, 1.807) is 6.20 Å². The number of carbonyl (C=O) groups is 1. The van der Waals surface area contributed by atoms with Crippen LogP contribution in [0.5, 0.6) is 0 Å². The molecule has 0 bridgehead atoms. The van der Waals surface area contributed by atoms with Crippen molar-refractivity contribution in [2.24, 2.45) is 12.5 Å². The van der Waals surface area contributed by atoms with Gasteiger partial charge in [0.1, 0.15) is 0 Å². The summed E-state index contributed by atoms with van der Waals surface area (Å²) in [6.07, 6.45) is 4.65. The minimum Gasteiger partial charge on any atom is -0.355 e. The van der Waals surface area contributed by atoms with Crippen LogP contribution in [0.15, 0.2) is 12.3 Å². The van der Waals surface area contributed by atoms with E-state index in [-0.39, 0.29) is 11.3 Å². The lowest BCUT2D eigenvalue weighted by atomic mass is 9.82. The first-order valence-corrected chi connectivity index (χ1v) is 6.58. The average molecular weight is 250 g/mol. The number of rotatable bonds is 4. The molecule has 1 unspecified atom stereocenters. The number of hydrogen-bond acceptors (Lipinski definition) is 3. The summed E-state index contributed by atoms with van der Waals surface area (Å²) in [6, 6.07) is 1.98. The molecule has 5 heteroatoms. The Labute approximate surface area is 108 Å². The molecular weight excluding hydrogens is 228 g/mol. The van der Waals surface area contributed by atoms with Crippen LogP contribution in [0.2, 0.25) is 0 Å². The van der Waals surface area contributed by atoms with Crippen molar-refractivity contribution in [1.29, 1.82) is 0 Å². The van der Waals surface area contributed by atoms with Crippen LogP contribution in [-0.2, 0) is 18.3 Å². The number of nitrogens with one attached hydrogen (secondary N) is 2. The summed E-state index contributed by atoms with van der Waals surface area (Å²) in [5.74, 6) is 0.164. The maximum atomic E-state index is 12.2. The fraction of sp³-hybridized carbons (Fsp3) is 0.692. The molecule has 100 valence electrons. The van der Waals surface area contributed by atoms with E-state index in [1.807, 2.05) is 24.7 Å². The first-order valence-electron chi connectivity index (χ1n) is 6.58. The highest BCUT2D eigenvalue weighted by molar-refractivity contribution is 5.82. The summed E-state index contributed by atoms with van der Waals surface area (Å²) in [5, 5.41) is 10.4. The largest absolute Gasteiger partial charge is 0.355 e. The van der Waals surface area contributed by atoms with Crippen molar-refractivity contribution < 1.29 is 4.79 Å². The molecule has 1 aromatic rings. The summed E-state index contributed by atoms with van der Waals surface area (Å²) >= 11 is 0. The van der Waals surface area contributed by atoms with Crippen molar-refractivity contribution in [3.63, 3.8) is 0 Å². The summed E-state index contributed by atoms with van der Waals surface area (Å²) < 4.78 is 1.84. The van der Waals surface area contributed by atoms with Crippen molar-refractivity contribution >= 4 is 5.91 Å². The lowest BCUT2D eigenvalue weighted by Crippen LogP contribution is -2.49. The molecule has 2 N–H and O–H groups in total. The molecule has 2 rings (SSSR count). The fourth-order valence-electron chi connectivity index (χ4n) is 2.41. The smallest absolute Gasteiger partial charge is 0.227 e. The van der Waals surface area contributed by atoms with Crippen molar-refractivity contribution in [2.45, 2.75) is 26.2 Å². The van der Waals surface area contributed by atoms with Crippen LogP contribution in [0, 0.1) is 5.41 Å². The van der Waals surface area contributed by atoms with Crippen molar-refractivity contribution in [1.82, 2.24) is 20.4 Å². The molecule has 0 spiro atoms. The van der Waals surface area contributed by atoms with E-state index in [0.29, 0.717) is 6.54 Å². The fourth-order valence-corrected chi connectivity index (χ4v) is 2.41. The Kier molecular flexibility index (Phi) is 4.01. The molecule has 1 aromatic heterocycles. The topological polar surface area (TPSA) is 59.0 Å². The third-order valence-corrected chi connectivity index (χ3v) is 3.73. The normalized spacial score (nSPS) is 23.9. The second kappa shape index (κ2) is 5.52. The van der Waals surface area contributed by atoms with Crippen molar-refractivity contribution in [3.8, 4) is 0 Å². The van der Waals surface area contributed by atoms with Gasteiger partial charge in [-0.15, -0.1) is 0 Å². The summed E-state index contributed by atoms with van der Waals surface area (Å²) in [7, 11) is 1.92. The molecule has 1 fully saturated rings. The maximum Gasteiger partial charge on any atom is 0.227 e. The lowest BCUT2D eigenvalue weighted by Gasteiger charge is -2.32. The third kappa shape index (κ3) is 2.90. The molecule has 1 atom stereocenters. The predicted octanol–water partition coefficient (Wildman–Crippen LogP) is 0.469. The van der Waals surface area contributed by atoms with Crippen molar-refractivity contribution in [3.05, 3.63) is 18.0 Å². The molecule has 0 aliphatic carbocycles. The van der Waals surface area contributed by atoms with Gasteiger partial charge in [0.25, 0.3) is 0 Å². The molecule has 1 aliphatic rings. The van der Waals surface area contributed by atoms with Gasteiger partial charge in [0.05, 0.1) is 5.41 Å². The number of nitrogens with zero attached hydrogens (tertiary/aromatic N) is 2. The SMILES string of the molecule is Cn1nccc1CCNC(=O)C1(C)CCCNC1. The van der Waals surface area contributed by atoms with Crippen LogP contribution in [0.3, 0.4) is 0 Å². The molecule has 1 amide bonds. The maximum absolute atomic E-state index is 12.2. The van der Waals surface area contributed by atoms with Gasteiger partial charge in [-0.2, -0.15) is 5.10 Å². The zero-order valence-corrected chi connectivity index (χ0v) is 11.2. The van der Waals surface area contributed by atoms with Crippen LogP contribution in [0.4, 0.5) is 0 Å². The van der Waals surface area contributed by atoms with Crippen molar-refractivity contribution in [2.75, 3.05) is 19.6 Å². The number of amides is 1. The standard InChI is InChI=1S/C13H22N4O/c1-13(6-3-7-14-10-13)12(18)15-8-4-11-5-9-16-17(11)2/h5,9,14H,3-4,6-8,10H2,1-2H3,(H,15,18). The first-order chi connectivity index (χ1) is 8.62. The van der Waals surface area contributed by atoms with Gasteiger partial charge < -0.3 is 10.6 Å². The first kappa shape index (κ1) is 13.1. The molecule has 2 heterocycles. The van der Waals surface area contributed by atoms with Gasteiger partial charge in [0, 0.05) is 38.4 Å². The predicted molar refractivity (Wildman–Crippen MR) is 70.1 cm³/mol. The monoisotopic (exact) mass is 250 g/mol. The van der Waals surface area contributed by atoms with Gasteiger partial charge in [-0.1, -0.05) is 0 Å². The molecule has 0 aromatic carbocycles. The number of aryl methyl sites for hydroxylation is 1. The number of piperidine rings is 1. The third-order valence-electron chi connectivity index (χ3n) is 3.73. The second-order valence-corrected chi connectivity index (χ2v) is 5.29. The van der Waals surface area contributed by atoms with E-state index in [4.69, 9.17) is 0 Å². The van der Waals surface area contributed by atoms with Crippen LogP contribution in [0.25, 0.3) is 0 Å². The highest BCUT2D eigenvalue weighted by atomic mass is 16.2. The van der Waals surface area contributed by atoms with E-state index in [9.17, 15) is 4.79 Å². The van der Waals surface area contributed by atoms with Gasteiger partial charge in [-0.25, -0.2) is 0 Å². The van der Waals surface area contributed by atoms with Crippen LogP contribution in [-0.4, -0.2) is 35.3 Å². The minimum atomic E-state index is -0.245. The van der Waals surface area contributed by atoms with Gasteiger partial charge in [-0.3, -0.25) is 9.48 Å². The Morgan fingerprint density at radius 2 is 2.50 bits per heavy atom. The molecule has 0 radical (unpaired) electrons. The van der Waals surface area contributed by atoms with Gasteiger partial charge in [0.2, 0.25) is 5.91 Å². The Balaban J connectivity index is 1.79. The number of hydrogen-bond donors (Lipinski definition) is 2. The Bertz CT molecular complexity index is 407. The Hall–Kier alpha value is -1.36. The molecule has 1 saturated heterocycles. The van der Waals surface area contributed by atoms with E-state index in [2.05, 4.69) is 15.7 Å². The highest BCUT2D eigenvalue weighted by Gasteiger charge is 2.34. The molecule has 18 heavy (non-hydrogen) atoms. The quantitative estimate of drug-likeness (QED) is 0.816. The summed E-state index contributed by atoms with van der Waals surface area (Å²) in [5.41, 5.74) is 0.896. The summed E-state index contributed by atoms with van der Waals surface area (Å²) in [4.78, 5) is 12.2. The second-order valence-electron chi connectivity index (χ2n) is 5.29. The van der Waals surface area contributed by atoms with E-state index in [1.165, 1.54) is 0 Å². The molecule has 1 aliphatic heterocycles. The zero-order chi connectivity index (χ0) is 13.0. The summed E-state index contributed by atoms with van der Waals surface area (Å²) in [6.45, 7) is 4.52. The van der Waals surface area contributed by atoms with Crippen LogP contribution in [0.1, 0.15) is 25.5 Å². The highest BCUT2D eigenvalue weighted by Crippen LogP contribution is 2.25. The molecule has 0 saturated carbocycles. The lowest BCUT2D eigenvalue weighted by molar-refractivity contribution is -0.131. The molecule has 5 nitrogen and oxygen atoms in total. The van der Waals surface area contributed by atoms with E-state index >= 15 is 0 Å². The minimum absolute atomic E-state index is 0.164. The van der Waals surface area contributed by atoms with E-state index in [0.717, 1.165) is 38.0 Å². The molecular formula is C13H22N4O. The number of carbonyl (C=O) groups excluding carboxylic acids is 1. The number of aromatic nitrogens is 2. The Morgan fingerprint density at radius 3 is 3.11 bits per heavy atom. The van der Waals surface area contributed by atoms with E-state index < -0.39 is 0 Å². The average Bonchev–Trinajstić information content (AvgIpc) is 2.76. The zero-order valence-electron chi connectivity index (χ0n) is 11.2. The van der Waals surface area contributed by atoms with Gasteiger partial charge in [-0.05, 0) is 32.4 Å². The van der Waals surface area contributed by atoms with Gasteiger partial charge in [0.15, 0.2) is 0 Å².